The van der Waals surface area contributed by atoms with E-state index in [1.54, 1.807) is 12.1 Å². The number of amides is 1. The lowest BCUT2D eigenvalue weighted by molar-refractivity contribution is -0.146. The van der Waals surface area contributed by atoms with Crippen LogP contribution in [0.15, 0.2) is 22.8 Å². The number of rotatable bonds is 4. The Labute approximate surface area is 132 Å². The molecule has 1 fully saturated rings. The van der Waals surface area contributed by atoms with Crippen LogP contribution < -0.4 is 5.32 Å². The first-order valence-electron chi connectivity index (χ1n) is 7.14. The summed E-state index contributed by atoms with van der Waals surface area (Å²) in [4.78, 5) is 27.9. The van der Waals surface area contributed by atoms with Gasteiger partial charge in [-0.25, -0.2) is 9.78 Å². The number of hydrogen-bond donors (Lipinski definition) is 2. The van der Waals surface area contributed by atoms with E-state index in [1.165, 1.54) is 6.20 Å². The Balaban J connectivity index is 2.12. The molecule has 0 unspecified atom stereocenters. The number of halogens is 1. The summed E-state index contributed by atoms with van der Waals surface area (Å²) in [6, 6.07) is 3.29. The van der Waals surface area contributed by atoms with Gasteiger partial charge in [0.1, 0.15) is 11.2 Å². The minimum Gasteiger partial charge on any atom is -0.480 e. The van der Waals surface area contributed by atoms with Gasteiger partial charge in [-0.05, 0) is 59.7 Å². The molecular weight excluding hydrogens is 336 g/mol. The Morgan fingerprint density at radius 1 is 1.43 bits per heavy atom. The van der Waals surface area contributed by atoms with Gasteiger partial charge in [0, 0.05) is 10.7 Å². The van der Waals surface area contributed by atoms with Crippen LogP contribution in [0.4, 0.5) is 0 Å². The monoisotopic (exact) mass is 354 g/mol. The molecular formula is C15H19BrN2O3. The van der Waals surface area contributed by atoms with Crippen molar-refractivity contribution in [1.29, 1.82) is 0 Å². The first-order chi connectivity index (χ1) is 9.97. The molecule has 1 aromatic heterocycles. The number of carbonyl (C=O) groups excluding carboxylic acids is 1. The molecule has 0 spiro atoms. The number of hydrogen-bond acceptors (Lipinski definition) is 3. The van der Waals surface area contributed by atoms with Gasteiger partial charge in [0.15, 0.2) is 0 Å². The van der Waals surface area contributed by atoms with E-state index in [0.29, 0.717) is 18.8 Å². The third-order valence-electron chi connectivity index (χ3n) is 4.26. The van der Waals surface area contributed by atoms with Crippen molar-refractivity contribution in [3.05, 3.63) is 28.5 Å². The third-order valence-corrected chi connectivity index (χ3v) is 4.73. The summed E-state index contributed by atoms with van der Waals surface area (Å²) in [7, 11) is 0. The maximum Gasteiger partial charge on any atom is 0.329 e. The summed E-state index contributed by atoms with van der Waals surface area (Å²) in [5, 5.41) is 12.2. The highest BCUT2D eigenvalue weighted by atomic mass is 79.9. The average molecular weight is 355 g/mol. The van der Waals surface area contributed by atoms with E-state index in [9.17, 15) is 14.7 Å². The zero-order valence-electron chi connectivity index (χ0n) is 11.9. The molecule has 114 valence electrons. The standard InChI is InChI=1S/C15H19BrN2O3/c1-2-10-5-7-15(8-6-10,14(20)21)18-13(19)12-4-3-11(16)9-17-12/h3-4,9-10H,2,5-8H2,1H3,(H,18,19)(H,20,21). The number of aliphatic carboxylic acids is 1. The third kappa shape index (κ3) is 3.61. The fourth-order valence-electron chi connectivity index (χ4n) is 2.76. The predicted octanol–water partition coefficient (Wildman–Crippen LogP) is 3.00. The fraction of sp³-hybridized carbons (Fsp3) is 0.533. The topological polar surface area (TPSA) is 79.3 Å². The maximum atomic E-state index is 12.2. The minimum atomic E-state index is -1.16. The van der Waals surface area contributed by atoms with Gasteiger partial charge in [-0.15, -0.1) is 0 Å². The molecule has 0 saturated heterocycles. The molecule has 5 nitrogen and oxygen atoms in total. The van der Waals surface area contributed by atoms with Gasteiger partial charge in [0.05, 0.1) is 0 Å². The molecule has 1 amide bonds. The van der Waals surface area contributed by atoms with Crippen molar-refractivity contribution >= 4 is 27.8 Å². The summed E-state index contributed by atoms with van der Waals surface area (Å²) in [5.74, 6) is -0.831. The molecule has 1 saturated carbocycles. The molecule has 0 radical (unpaired) electrons. The van der Waals surface area contributed by atoms with Crippen molar-refractivity contribution < 1.29 is 14.7 Å². The van der Waals surface area contributed by atoms with Gasteiger partial charge in [-0.3, -0.25) is 4.79 Å². The summed E-state index contributed by atoms with van der Waals surface area (Å²) < 4.78 is 0.774. The Hall–Kier alpha value is -1.43. The summed E-state index contributed by atoms with van der Waals surface area (Å²) in [6.07, 6.45) is 5.19. The largest absolute Gasteiger partial charge is 0.480 e. The van der Waals surface area contributed by atoms with E-state index >= 15 is 0 Å². The second-order valence-corrected chi connectivity index (χ2v) is 6.47. The number of nitrogens with one attached hydrogen (secondary N) is 1. The zero-order valence-corrected chi connectivity index (χ0v) is 13.5. The van der Waals surface area contributed by atoms with Crippen LogP contribution in [0.25, 0.3) is 0 Å². The second-order valence-electron chi connectivity index (χ2n) is 5.55. The highest BCUT2D eigenvalue weighted by Crippen LogP contribution is 2.34. The van der Waals surface area contributed by atoms with Crippen LogP contribution in [0, 0.1) is 5.92 Å². The molecule has 21 heavy (non-hydrogen) atoms. The fourth-order valence-corrected chi connectivity index (χ4v) is 3.00. The number of carboxylic acids is 1. The lowest BCUT2D eigenvalue weighted by Gasteiger charge is -2.37. The van der Waals surface area contributed by atoms with Crippen LogP contribution in [0.2, 0.25) is 0 Å². The molecule has 1 aliphatic rings. The first kappa shape index (κ1) is 15.9. The van der Waals surface area contributed by atoms with Crippen molar-refractivity contribution in [3.8, 4) is 0 Å². The second kappa shape index (κ2) is 6.56. The van der Waals surface area contributed by atoms with Crippen LogP contribution in [0.3, 0.4) is 0 Å². The Kier molecular flexibility index (Phi) is 4.98. The molecule has 2 rings (SSSR count). The van der Waals surface area contributed by atoms with E-state index in [2.05, 4.69) is 33.2 Å². The minimum absolute atomic E-state index is 0.233. The van der Waals surface area contributed by atoms with Gasteiger partial charge < -0.3 is 10.4 Å². The van der Waals surface area contributed by atoms with E-state index < -0.39 is 17.4 Å². The molecule has 1 aromatic rings. The molecule has 1 heterocycles. The van der Waals surface area contributed by atoms with Crippen LogP contribution in [-0.2, 0) is 4.79 Å². The summed E-state index contributed by atoms with van der Waals surface area (Å²) in [6.45, 7) is 2.11. The van der Waals surface area contributed by atoms with Gasteiger partial charge in [-0.1, -0.05) is 13.3 Å². The van der Waals surface area contributed by atoms with E-state index in [-0.39, 0.29) is 5.69 Å². The van der Waals surface area contributed by atoms with Gasteiger partial charge in [0.2, 0.25) is 0 Å². The molecule has 6 heteroatoms. The number of aromatic nitrogens is 1. The summed E-state index contributed by atoms with van der Waals surface area (Å²) in [5.41, 5.74) is -0.922. The normalized spacial score (nSPS) is 25.3. The van der Waals surface area contributed by atoms with Crippen molar-refractivity contribution in [2.24, 2.45) is 5.92 Å². The van der Waals surface area contributed by atoms with Crippen LogP contribution in [0.1, 0.15) is 49.5 Å². The summed E-state index contributed by atoms with van der Waals surface area (Å²) >= 11 is 3.25. The lowest BCUT2D eigenvalue weighted by atomic mass is 9.75. The van der Waals surface area contributed by atoms with Crippen molar-refractivity contribution in [2.45, 2.75) is 44.6 Å². The number of carboxylic acid groups (broad SMARTS) is 1. The predicted molar refractivity (Wildman–Crippen MR) is 82.0 cm³/mol. The first-order valence-corrected chi connectivity index (χ1v) is 7.93. The highest BCUT2D eigenvalue weighted by Gasteiger charge is 2.43. The van der Waals surface area contributed by atoms with E-state index in [4.69, 9.17) is 0 Å². The highest BCUT2D eigenvalue weighted by molar-refractivity contribution is 9.10. The number of carbonyl (C=O) groups is 2. The van der Waals surface area contributed by atoms with Crippen molar-refractivity contribution in [3.63, 3.8) is 0 Å². The zero-order chi connectivity index (χ0) is 15.5. The molecule has 2 N–H and O–H groups in total. The smallest absolute Gasteiger partial charge is 0.329 e. The molecule has 0 aliphatic heterocycles. The van der Waals surface area contributed by atoms with Gasteiger partial charge in [-0.2, -0.15) is 0 Å². The lowest BCUT2D eigenvalue weighted by Crippen LogP contribution is -2.56. The van der Waals surface area contributed by atoms with Gasteiger partial charge in [0.25, 0.3) is 5.91 Å². The molecule has 1 aliphatic carbocycles. The Bertz CT molecular complexity index is 522. The van der Waals surface area contributed by atoms with Crippen LogP contribution in [0.5, 0.6) is 0 Å². The van der Waals surface area contributed by atoms with Crippen molar-refractivity contribution in [1.82, 2.24) is 10.3 Å². The number of nitrogens with zero attached hydrogens (tertiary/aromatic N) is 1. The molecule has 0 bridgehead atoms. The SMILES string of the molecule is CCC1CCC(NC(=O)c2ccc(Br)cn2)(C(=O)O)CC1. The Morgan fingerprint density at radius 2 is 2.10 bits per heavy atom. The van der Waals surface area contributed by atoms with E-state index in [0.717, 1.165) is 23.7 Å². The van der Waals surface area contributed by atoms with Crippen LogP contribution >= 0.6 is 15.9 Å². The quantitative estimate of drug-likeness (QED) is 0.870. The van der Waals surface area contributed by atoms with E-state index in [1.807, 2.05) is 0 Å². The van der Waals surface area contributed by atoms with Crippen molar-refractivity contribution in [2.75, 3.05) is 0 Å². The van der Waals surface area contributed by atoms with Crippen LogP contribution in [-0.4, -0.2) is 27.5 Å². The Morgan fingerprint density at radius 3 is 2.57 bits per heavy atom. The average Bonchev–Trinajstić information content (AvgIpc) is 2.48. The molecule has 0 atom stereocenters. The molecule has 0 aromatic carbocycles. The maximum absolute atomic E-state index is 12.2. The van der Waals surface area contributed by atoms with Gasteiger partial charge >= 0.3 is 5.97 Å². The number of pyridine rings is 1.